The first-order valence-electron chi connectivity index (χ1n) is 10.9. The molecule has 2 fully saturated rings. The van der Waals surface area contributed by atoms with Gasteiger partial charge in [0.15, 0.2) is 11.5 Å². The highest BCUT2D eigenvalue weighted by Gasteiger charge is 2.51. The van der Waals surface area contributed by atoms with Crippen LogP contribution in [-0.2, 0) is 6.54 Å². The van der Waals surface area contributed by atoms with E-state index in [1.807, 2.05) is 18.5 Å². The van der Waals surface area contributed by atoms with E-state index in [1.54, 1.807) is 14.2 Å². The number of benzene rings is 1. The summed E-state index contributed by atoms with van der Waals surface area (Å²) >= 11 is 0. The average Bonchev–Trinajstić information content (AvgIpc) is 2.74. The predicted molar refractivity (Wildman–Crippen MR) is 114 cm³/mol. The summed E-state index contributed by atoms with van der Waals surface area (Å²) < 4.78 is 11.0. The van der Waals surface area contributed by atoms with Crippen LogP contribution in [-0.4, -0.2) is 30.2 Å². The van der Waals surface area contributed by atoms with Crippen LogP contribution in [0.15, 0.2) is 30.6 Å². The molecule has 156 valence electrons. The minimum Gasteiger partial charge on any atom is -0.493 e. The van der Waals surface area contributed by atoms with Crippen molar-refractivity contribution in [1.82, 2.24) is 15.3 Å². The van der Waals surface area contributed by atoms with Gasteiger partial charge in [-0.15, -0.1) is 0 Å². The molecule has 2 aliphatic rings. The van der Waals surface area contributed by atoms with Gasteiger partial charge in [-0.2, -0.15) is 0 Å². The Bertz CT molecular complexity index is 821. The highest BCUT2D eigenvalue weighted by molar-refractivity contribution is 5.45. The molecule has 1 heterocycles. The van der Waals surface area contributed by atoms with Gasteiger partial charge in [-0.05, 0) is 42.4 Å². The first kappa shape index (κ1) is 20.1. The number of rotatable bonds is 7. The maximum absolute atomic E-state index is 5.56. The summed E-state index contributed by atoms with van der Waals surface area (Å²) in [5.74, 6) is 4.94. The van der Waals surface area contributed by atoms with Gasteiger partial charge in [0.25, 0.3) is 0 Å². The van der Waals surface area contributed by atoms with E-state index in [2.05, 4.69) is 41.3 Å². The third-order valence-electron chi connectivity index (χ3n) is 6.76. The Morgan fingerprint density at radius 1 is 1.00 bits per heavy atom. The van der Waals surface area contributed by atoms with E-state index in [-0.39, 0.29) is 0 Å². The van der Waals surface area contributed by atoms with E-state index in [9.17, 15) is 0 Å². The van der Waals surface area contributed by atoms with Gasteiger partial charge >= 0.3 is 0 Å². The molecule has 29 heavy (non-hydrogen) atoms. The standard InChI is InChI=1S/C24H33N3O2/c1-15(2)24-26-13-16(14-27-24)12-25-23-19-8-6-5-7-18(19)22(23)17-9-10-20(28-3)21(11-17)29-4/h9-11,13-15,18-19,22-23,25H,5-8,12H2,1-4H3/t18?,19?,22-,23-/m0/s1. The predicted octanol–water partition coefficient (Wildman–Crippen LogP) is 4.68. The van der Waals surface area contributed by atoms with Crippen LogP contribution >= 0.6 is 0 Å². The molecule has 1 aromatic carbocycles. The van der Waals surface area contributed by atoms with Crippen LogP contribution < -0.4 is 14.8 Å². The lowest BCUT2D eigenvalue weighted by Gasteiger charge is -2.55. The van der Waals surface area contributed by atoms with Crippen molar-refractivity contribution in [3.63, 3.8) is 0 Å². The van der Waals surface area contributed by atoms with Crippen molar-refractivity contribution in [2.24, 2.45) is 11.8 Å². The van der Waals surface area contributed by atoms with E-state index < -0.39 is 0 Å². The molecule has 1 aromatic heterocycles. The maximum Gasteiger partial charge on any atom is 0.160 e. The number of nitrogens with zero attached hydrogens (tertiary/aromatic N) is 2. The molecule has 5 heteroatoms. The molecular formula is C24H33N3O2. The third-order valence-corrected chi connectivity index (χ3v) is 6.76. The second kappa shape index (κ2) is 8.70. The molecule has 4 atom stereocenters. The Morgan fingerprint density at radius 2 is 1.69 bits per heavy atom. The molecule has 2 aromatic rings. The average molecular weight is 396 g/mol. The quantitative estimate of drug-likeness (QED) is 0.738. The van der Waals surface area contributed by atoms with Gasteiger partial charge in [0, 0.05) is 42.4 Å². The Balaban J connectivity index is 1.51. The van der Waals surface area contributed by atoms with Crippen molar-refractivity contribution in [3.05, 3.63) is 47.5 Å². The van der Waals surface area contributed by atoms with Crippen LogP contribution in [0.5, 0.6) is 11.5 Å². The normalized spacial score (nSPS) is 26.0. The molecule has 5 nitrogen and oxygen atoms in total. The molecule has 0 radical (unpaired) electrons. The lowest BCUT2D eigenvalue weighted by molar-refractivity contribution is 0.0252. The number of ether oxygens (including phenoxy) is 2. The smallest absolute Gasteiger partial charge is 0.160 e. The number of hydrogen-bond donors (Lipinski definition) is 1. The first-order valence-corrected chi connectivity index (χ1v) is 10.9. The van der Waals surface area contributed by atoms with Gasteiger partial charge in [0.2, 0.25) is 0 Å². The molecule has 0 aliphatic heterocycles. The topological polar surface area (TPSA) is 56.3 Å². The highest BCUT2D eigenvalue weighted by Crippen LogP contribution is 2.55. The zero-order valence-corrected chi connectivity index (χ0v) is 18.0. The van der Waals surface area contributed by atoms with Crippen molar-refractivity contribution < 1.29 is 9.47 Å². The van der Waals surface area contributed by atoms with Gasteiger partial charge in [0.05, 0.1) is 14.2 Å². The van der Waals surface area contributed by atoms with E-state index in [4.69, 9.17) is 9.47 Å². The van der Waals surface area contributed by atoms with Gasteiger partial charge in [-0.3, -0.25) is 0 Å². The van der Waals surface area contributed by atoms with E-state index in [0.29, 0.717) is 17.9 Å². The van der Waals surface area contributed by atoms with Crippen molar-refractivity contribution in [1.29, 1.82) is 0 Å². The van der Waals surface area contributed by atoms with Crippen molar-refractivity contribution in [3.8, 4) is 11.5 Å². The Morgan fingerprint density at radius 3 is 2.34 bits per heavy atom. The van der Waals surface area contributed by atoms with Crippen LogP contribution in [0.4, 0.5) is 0 Å². The van der Waals surface area contributed by atoms with E-state index >= 15 is 0 Å². The lowest BCUT2D eigenvalue weighted by Crippen LogP contribution is -2.57. The first-order chi connectivity index (χ1) is 14.1. The summed E-state index contributed by atoms with van der Waals surface area (Å²) in [5.41, 5.74) is 2.51. The summed E-state index contributed by atoms with van der Waals surface area (Å²) in [6.45, 7) is 5.06. The van der Waals surface area contributed by atoms with E-state index in [0.717, 1.165) is 41.3 Å². The zero-order chi connectivity index (χ0) is 20.4. The Kier molecular flexibility index (Phi) is 6.04. The van der Waals surface area contributed by atoms with Crippen LogP contribution in [0.3, 0.4) is 0 Å². The fraction of sp³-hybridized carbons (Fsp3) is 0.583. The number of fused-ring (bicyclic) bond motifs is 1. The molecule has 1 N–H and O–H groups in total. The van der Waals surface area contributed by atoms with Crippen molar-refractivity contribution in [2.45, 2.75) is 64.0 Å². The Labute approximate surface area is 174 Å². The van der Waals surface area contributed by atoms with Crippen molar-refractivity contribution >= 4 is 0 Å². The molecule has 0 bridgehead atoms. The van der Waals surface area contributed by atoms with Gasteiger partial charge < -0.3 is 14.8 Å². The second-order valence-corrected chi connectivity index (χ2v) is 8.76. The van der Waals surface area contributed by atoms with Gasteiger partial charge in [-0.1, -0.05) is 32.8 Å². The number of methoxy groups -OCH3 is 2. The minimum atomic E-state index is 0.362. The van der Waals surface area contributed by atoms with Crippen LogP contribution in [0.2, 0.25) is 0 Å². The SMILES string of the molecule is COc1ccc([C@H]2C3CCCCC3[C@@H]2NCc2cnc(C(C)C)nc2)cc1OC. The second-order valence-electron chi connectivity index (χ2n) is 8.76. The van der Waals surface area contributed by atoms with Crippen LogP contribution in [0, 0.1) is 11.8 Å². The summed E-state index contributed by atoms with van der Waals surface area (Å²) in [6, 6.07) is 6.92. The molecule has 0 saturated heterocycles. The van der Waals surface area contributed by atoms with Gasteiger partial charge in [-0.25, -0.2) is 9.97 Å². The van der Waals surface area contributed by atoms with E-state index in [1.165, 1.54) is 31.2 Å². The largest absolute Gasteiger partial charge is 0.493 e. The highest BCUT2D eigenvalue weighted by atomic mass is 16.5. The molecule has 2 unspecified atom stereocenters. The van der Waals surface area contributed by atoms with Crippen LogP contribution in [0.1, 0.15) is 68.3 Å². The molecule has 2 aliphatic carbocycles. The molecular weight excluding hydrogens is 362 g/mol. The number of aromatic nitrogens is 2. The summed E-state index contributed by atoms with van der Waals surface area (Å²) in [6.07, 6.45) is 9.30. The summed E-state index contributed by atoms with van der Waals surface area (Å²) in [4.78, 5) is 9.04. The number of hydrogen-bond acceptors (Lipinski definition) is 5. The summed E-state index contributed by atoms with van der Waals surface area (Å²) in [7, 11) is 3.40. The summed E-state index contributed by atoms with van der Waals surface area (Å²) in [5, 5.41) is 3.85. The fourth-order valence-electron chi connectivity index (χ4n) is 5.25. The molecule has 4 rings (SSSR count). The third kappa shape index (κ3) is 3.97. The fourth-order valence-corrected chi connectivity index (χ4v) is 5.25. The Hall–Kier alpha value is -2.14. The van der Waals surface area contributed by atoms with Crippen LogP contribution in [0.25, 0.3) is 0 Å². The monoisotopic (exact) mass is 395 g/mol. The minimum absolute atomic E-state index is 0.362. The number of nitrogens with one attached hydrogen (secondary N) is 1. The molecule has 0 amide bonds. The molecule has 0 spiro atoms. The van der Waals surface area contributed by atoms with Crippen molar-refractivity contribution in [2.75, 3.05) is 14.2 Å². The zero-order valence-electron chi connectivity index (χ0n) is 18.0. The van der Waals surface area contributed by atoms with Gasteiger partial charge in [0.1, 0.15) is 5.82 Å². The lowest BCUT2D eigenvalue weighted by atomic mass is 9.53. The molecule has 2 saturated carbocycles. The maximum atomic E-state index is 5.56.